The Labute approximate surface area is 137 Å². The Morgan fingerprint density at radius 3 is 2.68 bits per heavy atom. The highest BCUT2D eigenvalue weighted by Gasteiger charge is 2.13. The summed E-state index contributed by atoms with van der Waals surface area (Å²) in [5.41, 5.74) is 0.761. The van der Waals surface area contributed by atoms with E-state index in [4.69, 9.17) is 16.3 Å². The van der Waals surface area contributed by atoms with Gasteiger partial charge in [-0.3, -0.25) is 4.79 Å². The molecule has 4 nitrogen and oxygen atoms in total. The van der Waals surface area contributed by atoms with Gasteiger partial charge in [-0.05, 0) is 30.3 Å². The highest BCUT2D eigenvalue weighted by atomic mass is 35.5. The van der Waals surface area contributed by atoms with Gasteiger partial charge in [-0.2, -0.15) is 0 Å². The Hall–Kier alpha value is -1.98. The van der Waals surface area contributed by atoms with Crippen molar-refractivity contribution in [1.82, 2.24) is 0 Å². The first-order chi connectivity index (χ1) is 10.6. The number of thioether (sulfide) groups is 1. The number of methoxy groups -OCH3 is 1. The highest BCUT2D eigenvalue weighted by Crippen LogP contribution is 2.22. The quantitative estimate of drug-likeness (QED) is 0.666. The highest BCUT2D eigenvalue weighted by molar-refractivity contribution is 8.00. The van der Waals surface area contributed by atoms with E-state index >= 15 is 0 Å². The lowest BCUT2D eigenvalue weighted by Gasteiger charge is -2.09. The molecule has 0 heterocycles. The molecule has 0 spiro atoms. The number of benzene rings is 2. The molecule has 1 amide bonds. The van der Waals surface area contributed by atoms with Gasteiger partial charge >= 0.3 is 5.97 Å². The monoisotopic (exact) mass is 335 g/mol. The van der Waals surface area contributed by atoms with Gasteiger partial charge in [0.1, 0.15) is 0 Å². The summed E-state index contributed by atoms with van der Waals surface area (Å²) in [5.74, 6) is -0.477. The van der Waals surface area contributed by atoms with Crippen LogP contribution in [0, 0.1) is 0 Å². The molecular formula is C16H14ClNO3S. The molecule has 22 heavy (non-hydrogen) atoms. The third-order valence-electron chi connectivity index (χ3n) is 2.77. The van der Waals surface area contributed by atoms with Crippen molar-refractivity contribution in [2.75, 3.05) is 18.2 Å². The zero-order chi connectivity index (χ0) is 15.9. The third kappa shape index (κ3) is 4.51. The fourth-order valence-electron chi connectivity index (χ4n) is 1.77. The third-order valence-corrected chi connectivity index (χ3v) is 4.00. The first kappa shape index (κ1) is 16.4. The molecule has 0 saturated carbocycles. The number of nitrogens with one attached hydrogen (secondary N) is 1. The maximum Gasteiger partial charge on any atom is 0.339 e. The van der Waals surface area contributed by atoms with E-state index in [-0.39, 0.29) is 11.7 Å². The van der Waals surface area contributed by atoms with Crippen molar-refractivity contribution < 1.29 is 14.3 Å². The second-order valence-electron chi connectivity index (χ2n) is 4.33. The Balaban J connectivity index is 1.99. The molecule has 0 aliphatic rings. The Morgan fingerprint density at radius 1 is 1.18 bits per heavy atom. The molecular weight excluding hydrogens is 322 g/mol. The van der Waals surface area contributed by atoms with Gasteiger partial charge in [-0.1, -0.05) is 29.8 Å². The zero-order valence-corrected chi connectivity index (χ0v) is 13.4. The number of ether oxygens (including phenoxy) is 1. The van der Waals surface area contributed by atoms with Crippen LogP contribution in [0.3, 0.4) is 0 Å². The van der Waals surface area contributed by atoms with E-state index in [1.807, 2.05) is 12.1 Å². The summed E-state index contributed by atoms with van der Waals surface area (Å²) >= 11 is 7.27. The van der Waals surface area contributed by atoms with Gasteiger partial charge in [0.2, 0.25) is 5.91 Å². The number of para-hydroxylation sites is 1. The van der Waals surface area contributed by atoms with Crippen molar-refractivity contribution in [1.29, 1.82) is 0 Å². The number of hydrogen-bond donors (Lipinski definition) is 1. The van der Waals surface area contributed by atoms with Crippen molar-refractivity contribution in [2.24, 2.45) is 0 Å². The number of esters is 1. The van der Waals surface area contributed by atoms with Crippen LogP contribution in [-0.4, -0.2) is 24.7 Å². The summed E-state index contributed by atoms with van der Waals surface area (Å²) in [6, 6.07) is 14.0. The van der Waals surface area contributed by atoms with Gasteiger partial charge in [0.05, 0.1) is 24.1 Å². The minimum Gasteiger partial charge on any atom is -0.465 e. The number of carbonyl (C=O) groups excluding carboxylic acids is 2. The van der Waals surface area contributed by atoms with Crippen molar-refractivity contribution in [3.8, 4) is 0 Å². The van der Waals surface area contributed by atoms with Crippen LogP contribution in [-0.2, 0) is 9.53 Å². The smallest absolute Gasteiger partial charge is 0.339 e. The van der Waals surface area contributed by atoms with Gasteiger partial charge in [0, 0.05) is 9.92 Å². The Morgan fingerprint density at radius 2 is 1.95 bits per heavy atom. The summed E-state index contributed by atoms with van der Waals surface area (Å²) in [6.45, 7) is 0. The number of amides is 1. The maximum atomic E-state index is 12.0. The first-order valence-corrected chi connectivity index (χ1v) is 7.82. The van der Waals surface area contributed by atoms with E-state index in [0.717, 1.165) is 4.90 Å². The molecule has 0 aliphatic carbocycles. The molecule has 6 heteroatoms. The van der Waals surface area contributed by atoms with Gasteiger partial charge in [-0.15, -0.1) is 11.8 Å². The van der Waals surface area contributed by atoms with E-state index < -0.39 is 5.97 Å². The van der Waals surface area contributed by atoms with Gasteiger partial charge < -0.3 is 10.1 Å². The standard InChI is InChI=1S/C16H14ClNO3S/c1-21-16(20)13-7-2-3-8-14(13)18-15(19)10-22-12-6-4-5-11(17)9-12/h2-9H,10H2,1H3,(H,18,19). The fourth-order valence-corrected chi connectivity index (χ4v) is 2.78. The number of hydrogen-bond acceptors (Lipinski definition) is 4. The molecule has 0 saturated heterocycles. The summed E-state index contributed by atoms with van der Waals surface area (Å²) in [4.78, 5) is 24.6. The molecule has 0 radical (unpaired) electrons. The van der Waals surface area contributed by atoms with E-state index in [0.29, 0.717) is 16.3 Å². The van der Waals surface area contributed by atoms with Crippen LogP contribution in [0.15, 0.2) is 53.4 Å². The number of anilines is 1. The van der Waals surface area contributed by atoms with Gasteiger partial charge in [0.15, 0.2) is 0 Å². The van der Waals surface area contributed by atoms with E-state index in [9.17, 15) is 9.59 Å². The van der Waals surface area contributed by atoms with Crippen LogP contribution in [0.2, 0.25) is 5.02 Å². The molecule has 1 N–H and O–H groups in total. The molecule has 0 atom stereocenters. The van der Waals surface area contributed by atoms with Crippen LogP contribution < -0.4 is 5.32 Å². The van der Waals surface area contributed by atoms with E-state index in [2.05, 4.69) is 5.32 Å². The van der Waals surface area contributed by atoms with Crippen molar-refractivity contribution >= 4 is 40.9 Å². The molecule has 0 aromatic heterocycles. The molecule has 114 valence electrons. The molecule has 0 aliphatic heterocycles. The second kappa shape index (κ2) is 7.87. The molecule has 0 unspecified atom stereocenters. The lowest BCUT2D eigenvalue weighted by Crippen LogP contribution is -2.17. The van der Waals surface area contributed by atoms with Crippen LogP contribution in [0.5, 0.6) is 0 Å². The van der Waals surface area contributed by atoms with Crippen LogP contribution in [0.1, 0.15) is 10.4 Å². The second-order valence-corrected chi connectivity index (χ2v) is 5.82. The summed E-state index contributed by atoms with van der Waals surface area (Å²) in [6.07, 6.45) is 0. The van der Waals surface area contributed by atoms with Crippen molar-refractivity contribution in [3.05, 3.63) is 59.1 Å². The summed E-state index contributed by atoms with van der Waals surface area (Å²) < 4.78 is 4.69. The predicted octanol–water partition coefficient (Wildman–Crippen LogP) is 3.86. The SMILES string of the molecule is COC(=O)c1ccccc1NC(=O)CSc1cccc(Cl)c1. The van der Waals surface area contributed by atoms with E-state index in [1.54, 1.807) is 36.4 Å². The van der Waals surface area contributed by atoms with Gasteiger partial charge in [-0.25, -0.2) is 4.79 Å². The summed E-state index contributed by atoms with van der Waals surface area (Å²) in [5, 5.41) is 3.34. The average molecular weight is 336 g/mol. The largest absolute Gasteiger partial charge is 0.465 e. The fraction of sp³-hybridized carbons (Fsp3) is 0.125. The van der Waals surface area contributed by atoms with Crippen molar-refractivity contribution in [2.45, 2.75) is 4.90 Å². The Kier molecular flexibility index (Phi) is 5.86. The summed E-state index contributed by atoms with van der Waals surface area (Å²) in [7, 11) is 1.30. The molecule has 2 aromatic rings. The average Bonchev–Trinajstić information content (AvgIpc) is 2.53. The van der Waals surface area contributed by atoms with E-state index in [1.165, 1.54) is 18.9 Å². The molecule has 0 bridgehead atoms. The minimum absolute atomic E-state index is 0.207. The zero-order valence-electron chi connectivity index (χ0n) is 11.8. The molecule has 0 fully saturated rings. The normalized spacial score (nSPS) is 10.1. The first-order valence-electron chi connectivity index (χ1n) is 6.45. The Bertz CT molecular complexity index is 691. The van der Waals surface area contributed by atoms with Crippen LogP contribution >= 0.6 is 23.4 Å². The minimum atomic E-state index is -0.488. The van der Waals surface area contributed by atoms with Crippen molar-refractivity contribution in [3.63, 3.8) is 0 Å². The van der Waals surface area contributed by atoms with Gasteiger partial charge in [0.25, 0.3) is 0 Å². The maximum absolute atomic E-state index is 12.0. The molecule has 2 aromatic carbocycles. The lowest BCUT2D eigenvalue weighted by atomic mass is 10.2. The van der Waals surface area contributed by atoms with Crippen LogP contribution in [0.25, 0.3) is 0 Å². The topological polar surface area (TPSA) is 55.4 Å². The number of halogens is 1. The molecule has 2 rings (SSSR count). The van der Waals surface area contributed by atoms with Crippen LogP contribution in [0.4, 0.5) is 5.69 Å². The number of rotatable bonds is 5. The lowest BCUT2D eigenvalue weighted by molar-refractivity contribution is -0.113. The predicted molar refractivity (Wildman–Crippen MR) is 88.6 cm³/mol. The number of carbonyl (C=O) groups is 2.